The van der Waals surface area contributed by atoms with Crippen molar-refractivity contribution in [1.29, 1.82) is 0 Å². The van der Waals surface area contributed by atoms with Crippen LogP contribution in [0.5, 0.6) is 0 Å². The van der Waals surface area contributed by atoms with E-state index in [4.69, 9.17) is 9.26 Å². The summed E-state index contributed by atoms with van der Waals surface area (Å²) in [4.78, 5) is 14.7. The molecule has 2 aromatic heterocycles. The smallest absolute Gasteiger partial charge is 0.228 e. The van der Waals surface area contributed by atoms with Gasteiger partial charge < -0.3 is 18.7 Å². The summed E-state index contributed by atoms with van der Waals surface area (Å²) < 4.78 is 13.2. The molecule has 3 aromatic rings. The number of para-hydroxylation sites is 1. The van der Waals surface area contributed by atoms with Crippen LogP contribution in [0.3, 0.4) is 0 Å². The summed E-state index contributed by atoms with van der Waals surface area (Å²) in [5.41, 5.74) is 1.41. The summed E-state index contributed by atoms with van der Waals surface area (Å²) in [5.74, 6) is 1.90. The van der Waals surface area contributed by atoms with Crippen molar-refractivity contribution in [3.8, 4) is 0 Å². The van der Waals surface area contributed by atoms with E-state index in [0.717, 1.165) is 36.5 Å². The van der Waals surface area contributed by atoms with Gasteiger partial charge >= 0.3 is 0 Å². The van der Waals surface area contributed by atoms with E-state index in [2.05, 4.69) is 19.9 Å². The Balaban J connectivity index is 1.30. The summed E-state index contributed by atoms with van der Waals surface area (Å²) in [6.07, 6.45) is 3.03. The molecular formula is C19H21N5O3. The SMILES string of the molecule is O=C(Cc1noc2ccccc12)N1CCc2nnc([C@@H]3CCCO3)n2CC1. The van der Waals surface area contributed by atoms with E-state index >= 15 is 0 Å². The van der Waals surface area contributed by atoms with E-state index in [9.17, 15) is 4.79 Å². The van der Waals surface area contributed by atoms with Gasteiger partial charge in [0.05, 0.1) is 6.42 Å². The van der Waals surface area contributed by atoms with Crippen LogP contribution in [0.1, 0.15) is 36.3 Å². The number of nitrogens with zero attached hydrogens (tertiary/aromatic N) is 5. The quantitative estimate of drug-likeness (QED) is 0.703. The standard InChI is InChI=1S/C19H21N5O3/c25-18(12-14-13-4-1-2-5-15(13)27-22-14)23-8-7-17-20-21-19(24(17)10-9-23)16-6-3-11-26-16/h1-2,4-5,16H,3,6-12H2/t16-/m0/s1. The molecule has 0 radical (unpaired) electrons. The number of carbonyl (C=O) groups excluding carboxylic acids is 1. The molecule has 1 aromatic carbocycles. The molecule has 1 atom stereocenters. The fourth-order valence-electron chi connectivity index (χ4n) is 3.93. The molecular weight excluding hydrogens is 346 g/mol. The molecule has 27 heavy (non-hydrogen) atoms. The van der Waals surface area contributed by atoms with E-state index in [1.54, 1.807) is 0 Å². The first kappa shape index (κ1) is 16.4. The zero-order chi connectivity index (χ0) is 18.2. The minimum atomic E-state index is 0.0370. The zero-order valence-electron chi connectivity index (χ0n) is 15.0. The summed E-state index contributed by atoms with van der Waals surface area (Å²) in [6.45, 7) is 2.75. The second-order valence-corrected chi connectivity index (χ2v) is 7.06. The summed E-state index contributed by atoms with van der Waals surface area (Å²) in [6, 6.07) is 7.62. The lowest BCUT2D eigenvalue weighted by Crippen LogP contribution is -2.35. The number of hydrogen-bond donors (Lipinski definition) is 0. The van der Waals surface area contributed by atoms with E-state index in [-0.39, 0.29) is 18.4 Å². The topological polar surface area (TPSA) is 86.3 Å². The van der Waals surface area contributed by atoms with Gasteiger partial charge in [0, 0.05) is 38.0 Å². The van der Waals surface area contributed by atoms with Crippen LogP contribution in [0, 0.1) is 0 Å². The van der Waals surface area contributed by atoms with Gasteiger partial charge in [0.1, 0.15) is 17.6 Å². The number of aromatic nitrogens is 4. The molecule has 1 amide bonds. The van der Waals surface area contributed by atoms with Gasteiger partial charge in [0.25, 0.3) is 0 Å². The van der Waals surface area contributed by atoms with Gasteiger partial charge in [-0.1, -0.05) is 17.3 Å². The van der Waals surface area contributed by atoms with Gasteiger partial charge in [0.15, 0.2) is 11.4 Å². The molecule has 1 fully saturated rings. The number of rotatable bonds is 3. The highest BCUT2D eigenvalue weighted by molar-refractivity contribution is 5.86. The predicted molar refractivity (Wildman–Crippen MR) is 95.9 cm³/mol. The molecule has 140 valence electrons. The average Bonchev–Trinajstić information content (AvgIpc) is 3.40. The van der Waals surface area contributed by atoms with Gasteiger partial charge in [-0.3, -0.25) is 4.79 Å². The Bertz CT molecular complexity index is 973. The first-order valence-corrected chi connectivity index (χ1v) is 9.44. The van der Waals surface area contributed by atoms with Crippen molar-refractivity contribution >= 4 is 16.9 Å². The lowest BCUT2D eigenvalue weighted by Gasteiger charge is -2.20. The first-order chi connectivity index (χ1) is 13.3. The van der Waals surface area contributed by atoms with Crippen molar-refractivity contribution in [3.05, 3.63) is 41.6 Å². The Hall–Kier alpha value is -2.74. The molecule has 8 heteroatoms. The minimum Gasteiger partial charge on any atom is -0.370 e. The Morgan fingerprint density at radius 2 is 2.11 bits per heavy atom. The Morgan fingerprint density at radius 1 is 1.19 bits per heavy atom. The second kappa shape index (κ2) is 6.77. The maximum atomic E-state index is 12.9. The molecule has 2 aliphatic rings. The molecule has 8 nitrogen and oxygen atoms in total. The van der Waals surface area contributed by atoms with Crippen LogP contribution in [0.15, 0.2) is 28.8 Å². The maximum absolute atomic E-state index is 12.9. The second-order valence-electron chi connectivity index (χ2n) is 7.06. The van der Waals surface area contributed by atoms with Crippen molar-refractivity contribution in [2.45, 2.75) is 38.3 Å². The summed E-state index contributed by atoms with van der Waals surface area (Å²) >= 11 is 0. The Kier molecular flexibility index (Phi) is 4.12. The van der Waals surface area contributed by atoms with Crippen LogP contribution in [0.4, 0.5) is 0 Å². The maximum Gasteiger partial charge on any atom is 0.228 e. The third-order valence-electron chi connectivity index (χ3n) is 5.40. The van der Waals surface area contributed by atoms with Gasteiger partial charge in [-0.05, 0) is 25.0 Å². The highest BCUT2D eigenvalue weighted by atomic mass is 16.5. The van der Waals surface area contributed by atoms with Crippen LogP contribution in [-0.4, -0.2) is 50.4 Å². The molecule has 1 saturated heterocycles. The minimum absolute atomic E-state index is 0.0370. The predicted octanol–water partition coefficient (Wildman–Crippen LogP) is 1.90. The van der Waals surface area contributed by atoms with Gasteiger partial charge in [-0.15, -0.1) is 10.2 Å². The molecule has 2 aliphatic heterocycles. The lowest BCUT2D eigenvalue weighted by atomic mass is 10.1. The summed E-state index contributed by atoms with van der Waals surface area (Å²) in [5, 5.41) is 13.7. The molecule has 0 saturated carbocycles. The molecule has 0 spiro atoms. The number of fused-ring (bicyclic) bond motifs is 2. The molecule has 0 bridgehead atoms. The molecule has 0 N–H and O–H groups in total. The highest BCUT2D eigenvalue weighted by Crippen LogP contribution is 2.28. The van der Waals surface area contributed by atoms with Crippen LogP contribution >= 0.6 is 0 Å². The van der Waals surface area contributed by atoms with E-state index in [1.165, 1.54) is 0 Å². The van der Waals surface area contributed by atoms with Crippen LogP contribution in [0.25, 0.3) is 11.0 Å². The molecule has 5 rings (SSSR count). The number of ether oxygens (including phenoxy) is 1. The van der Waals surface area contributed by atoms with Gasteiger partial charge in [-0.25, -0.2) is 0 Å². The molecule has 0 unspecified atom stereocenters. The number of carbonyl (C=O) groups is 1. The lowest BCUT2D eigenvalue weighted by molar-refractivity contribution is -0.130. The molecule has 4 heterocycles. The Labute approximate surface area is 156 Å². The van der Waals surface area contributed by atoms with Crippen molar-refractivity contribution in [3.63, 3.8) is 0 Å². The monoisotopic (exact) mass is 367 g/mol. The Morgan fingerprint density at radius 3 is 3.00 bits per heavy atom. The van der Waals surface area contributed by atoms with Crippen LogP contribution in [-0.2, 0) is 28.9 Å². The molecule has 0 aliphatic carbocycles. The first-order valence-electron chi connectivity index (χ1n) is 9.44. The average molecular weight is 367 g/mol. The van der Waals surface area contributed by atoms with E-state index < -0.39 is 0 Å². The fraction of sp³-hybridized carbons (Fsp3) is 0.474. The number of benzene rings is 1. The highest BCUT2D eigenvalue weighted by Gasteiger charge is 2.28. The van der Waals surface area contributed by atoms with Crippen molar-refractivity contribution in [1.82, 2.24) is 24.8 Å². The third-order valence-corrected chi connectivity index (χ3v) is 5.40. The van der Waals surface area contributed by atoms with E-state index in [1.807, 2.05) is 29.2 Å². The van der Waals surface area contributed by atoms with E-state index in [0.29, 0.717) is 37.3 Å². The van der Waals surface area contributed by atoms with Crippen LogP contribution < -0.4 is 0 Å². The largest absolute Gasteiger partial charge is 0.370 e. The third kappa shape index (κ3) is 2.99. The van der Waals surface area contributed by atoms with Crippen molar-refractivity contribution in [2.24, 2.45) is 0 Å². The van der Waals surface area contributed by atoms with Crippen LogP contribution in [0.2, 0.25) is 0 Å². The van der Waals surface area contributed by atoms with Gasteiger partial charge in [0.2, 0.25) is 5.91 Å². The summed E-state index contributed by atoms with van der Waals surface area (Å²) in [7, 11) is 0. The zero-order valence-corrected chi connectivity index (χ0v) is 15.0. The number of amides is 1. The van der Waals surface area contributed by atoms with Crippen molar-refractivity contribution in [2.75, 3.05) is 19.7 Å². The number of hydrogen-bond acceptors (Lipinski definition) is 6. The normalized spacial score (nSPS) is 20.0. The van der Waals surface area contributed by atoms with Gasteiger partial charge in [-0.2, -0.15) is 0 Å². The van der Waals surface area contributed by atoms with Crippen molar-refractivity contribution < 1.29 is 14.1 Å². The fourth-order valence-corrected chi connectivity index (χ4v) is 3.93.